The van der Waals surface area contributed by atoms with Crippen molar-refractivity contribution in [2.45, 2.75) is 57.5 Å². The lowest BCUT2D eigenvalue weighted by molar-refractivity contribution is -0.172. The summed E-state index contributed by atoms with van der Waals surface area (Å²) in [6, 6.07) is 13.3. The van der Waals surface area contributed by atoms with Crippen LogP contribution in [-0.2, 0) is 27.1 Å². The number of nitrogens with zero attached hydrogens (tertiary/aromatic N) is 2. The van der Waals surface area contributed by atoms with Crippen molar-refractivity contribution in [3.05, 3.63) is 64.4 Å². The number of aryl methyl sites for hydroxylation is 2. The van der Waals surface area contributed by atoms with E-state index in [4.69, 9.17) is 14.5 Å². The van der Waals surface area contributed by atoms with Crippen LogP contribution in [-0.4, -0.2) is 55.3 Å². The molecule has 4 rings (SSSR count). The number of ether oxygens (including phenoxy) is 2. The Labute approximate surface area is 217 Å². The number of hydrogen-bond acceptors (Lipinski definition) is 6. The van der Waals surface area contributed by atoms with E-state index in [1.807, 2.05) is 12.1 Å². The number of esters is 1. The summed E-state index contributed by atoms with van der Waals surface area (Å²) in [6.07, 6.45) is 4.06. The fraction of sp³-hybridized carbons (Fsp3) is 0.517. The van der Waals surface area contributed by atoms with E-state index < -0.39 is 5.60 Å². The Morgan fingerprint density at radius 1 is 1.25 bits per heavy atom. The van der Waals surface area contributed by atoms with Gasteiger partial charge in [-0.2, -0.15) is 0 Å². The third-order valence-electron chi connectivity index (χ3n) is 7.26. The van der Waals surface area contributed by atoms with Gasteiger partial charge in [-0.15, -0.1) is 11.3 Å². The highest BCUT2D eigenvalue weighted by Gasteiger charge is 2.47. The minimum atomic E-state index is -0.643. The molecule has 0 aliphatic heterocycles. The van der Waals surface area contributed by atoms with E-state index >= 15 is 0 Å². The normalized spacial score (nSPS) is 19.7. The van der Waals surface area contributed by atoms with Crippen LogP contribution < -0.4 is 0 Å². The van der Waals surface area contributed by atoms with Crippen molar-refractivity contribution in [1.29, 1.82) is 0 Å². The third-order valence-corrected chi connectivity index (χ3v) is 8.35. The summed E-state index contributed by atoms with van der Waals surface area (Å²) in [6.45, 7) is 5.99. The van der Waals surface area contributed by atoms with Crippen LogP contribution in [0, 0.1) is 11.7 Å². The fourth-order valence-corrected chi connectivity index (χ4v) is 6.69. The highest BCUT2D eigenvalue weighted by molar-refractivity contribution is 7.18. The summed E-state index contributed by atoms with van der Waals surface area (Å²) in [4.78, 5) is 19.7. The largest absolute Gasteiger partial charge is 0.457 e. The highest BCUT2D eigenvalue weighted by atomic mass is 32.1. The maximum atomic E-state index is 14.0. The first kappa shape index (κ1) is 26.7. The van der Waals surface area contributed by atoms with Crippen LogP contribution in [0.25, 0.3) is 10.2 Å². The van der Waals surface area contributed by atoms with E-state index in [1.54, 1.807) is 17.4 Å². The number of benzene rings is 2. The van der Waals surface area contributed by atoms with E-state index in [0.717, 1.165) is 49.0 Å². The van der Waals surface area contributed by atoms with Crippen molar-refractivity contribution in [2.75, 3.05) is 33.9 Å². The monoisotopic (exact) mass is 512 g/mol. The van der Waals surface area contributed by atoms with Crippen molar-refractivity contribution in [2.24, 2.45) is 5.92 Å². The molecule has 0 amide bonds. The second-order valence-electron chi connectivity index (χ2n) is 10.3. The van der Waals surface area contributed by atoms with Gasteiger partial charge in [0.25, 0.3) is 0 Å². The Morgan fingerprint density at radius 2 is 2.06 bits per heavy atom. The predicted octanol–water partition coefficient (Wildman–Crippen LogP) is 6.00. The number of rotatable bonds is 11. The Morgan fingerprint density at radius 3 is 2.81 bits per heavy atom. The van der Waals surface area contributed by atoms with E-state index in [-0.39, 0.29) is 30.2 Å². The number of para-hydroxylation sites is 1. The molecule has 2 aromatic carbocycles. The van der Waals surface area contributed by atoms with Gasteiger partial charge in [0.2, 0.25) is 0 Å². The Bertz CT molecular complexity index is 1150. The average molecular weight is 513 g/mol. The zero-order valence-electron chi connectivity index (χ0n) is 21.8. The molecule has 36 heavy (non-hydrogen) atoms. The molecule has 5 nitrogen and oxygen atoms in total. The van der Waals surface area contributed by atoms with Gasteiger partial charge in [0.05, 0.1) is 15.2 Å². The van der Waals surface area contributed by atoms with Crippen molar-refractivity contribution in [3.8, 4) is 0 Å². The molecule has 0 saturated carbocycles. The molecule has 0 N–H and O–H groups in total. The van der Waals surface area contributed by atoms with Gasteiger partial charge in [-0.25, -0.2) is 14.2 Å². The number of fused-ring (bicyclic) bond motifs is 2. The van der Waals surface area contributed by atoms with Gasteiger partial charge >= 0.3 is 5.97 Å². The van der Waals surface area contributed by atoms with E-state index in [9.17, 15) is 9.18 Å². The van der Waals surface area contributed by atoms with Gasteiger partial charge in [0, 0.05) is 32.4 Å². The average Bonchev–Trinajstić information content (AvgIpc) is 3.25. The molecule has 0 fully saturated rings. The lowest BCUT2D eigenvalue weighted by Gasteiger charge is -2.47. The Balaban J connectivity index is 1.44. The molecule has 0 spiro atoms. The standard InChI is InChI=1S/C29H37FN2O3S/c1-20(2)28-23-12-11-22(30)18-21(23)13-14-29(28,35-27(33)19-34-4)15-17-32(3)16-7-10-26-31-24-8-5-6-9-25(24)36-26/h5-6,8-9,11-12,18,20,28H,7,10,13-17,19H2,1-4H3/t28-,29-/m0/s1. The van der Waals surface area contributed by atoms with Crippen LogP contribution in [0.5, 0.6) is 0 Å². The minimum Gasteiger partial charge on any atom is -0.457 e. The summed E-state index contributed by atoms with van der Waals surface area (Å²) in [5, 5.41) is 1.17. The predicted molar refractivity (Wildman–Crippen MR) is 143 cm³/mol. The molecule has 3 aromatic rings. The molecule has 1 aliphatic carbocycles. The van der Waals surface area contributed by atoms with Gasteiger partial charge < -0.3 is 14.4 Å². The first-order valence-corrected chi connectivity index (χ1v) is 13.6. The zero-order chi connectivity index (χ0) is 25.7. The Hall–Kier alpha value is -2.35. The van der Waals surface area contributed by atoms with Gasteiger partial charge in [-0.3, -0.25) is 0 Å². The second-order valence-corrected chi connectivity index (χ2v) is 11.4. The molecular formula is C29H37FN2O3S. The van der Waals surface area contributed by atoms with Gasteiger partial charge in [0.1, 0.15) is 18.0 Å². The summed E-state index contributed by atoms with van der Waals surface area (Å²) in [5.41, 5.74) is 2.55. The van der Waals surface area contributed by atoms with Gasteiger partial charge in [-0.05, 0) is 74.2 Å². The Kier molecular flexibility index (Phi) is 8.75. The quantitative estimate of drug-likeness (QED) is 0.295. The second kappa shape index (κ2) is 11.8. The molecule has 1 heterocycles. The molecule has 2 atom stereocenters. The van der Waals surface area contributed by atoms with Crippen LogP contribution in [0.4, 0.5) is 4.39 Å². The lowest BCUT2D eigenvalue weighted by atomic mass is 9.65. The van der Waals surface area contributed by atoms with E-state index in [1.165, 1.54) is 22.9 Å². The van der Waals surface area contributed by atoms with Gasteiger partial charge in [-0.1, -0.05) is 32.0 Å². The van der Waals surface area contributed by atoms with Crippen molar-refractivity contribution < 1.29 is 18.7 Å². The van der Waals surface area contributed by atoms with Crippen LogP contribution in [0.2, 0.25) is 0 Å². The number of halogens is 1. The number of thiazole rings is 1. The SMILES string of the molecule is COCC(=O)O[C@]1(CCN(C)CCCc2nc3ccccc3s2)CCc2cc(F)ccc2[C@@H]1C(C)C. The maximum absolute atomic E-state index is 14.0. The minimum absolute atomic E-state index is 0.00111. The molecular weight excluding hydrogens is 475 g/mol. The van der Waals surface area contributed by atoms with Crippen molar-refractivity contribution in [1.82, 2.24) is 9.88 Å². The zero-order valence-corrected chi connectivity index (χ0v) is 22.6. The number of carbonyl (C=O) groups is 1. The number of methoxy groups -OCH3 is 1. The summed E-state index contributed by atoms with van der Waals surface area (Å²) < 4.78 is 26.5. The highest BCUT2D eigenvalue weighted by Crippen LogP contribution is 2.48. The van der Waals surface area contributed by atoms with Crippen LogP contribution in [0.1, 0.15) is 55.2 Å². The van der Waals surface area contributed by atoms with E-state index in [0.29, 0.717) is 12.8 Å². The molecule has 7 heteroatoms. The molecule has 0 radical (unpaired) electrons. The first-order valence-electron chi connectivity index (χ1n) is 12.8. The summed E-state index contributed by atoms with van der Waals surface area (Å²) in [5.74, 6) is -0.326. The third kappa shape index (κ3) is 6.13. The van der Waals surface area contributed by atoms with Crippen molar-refractivity contribution in [3.63, 3.8) is 0 Å². The van der Waals surface area contributed by atoms with Crippen molar-refractivity contribution >= 4 is 27.5 Å². The van der Waals surface area contributed by atoms with Crippen LogP contribution in [0.15, 0.2) is 42.5 Å². The molecule has 0 unspecified atom stereocenters. The molecule has 1 aliphatic rings. The first-order chi connectivity index (χ1) is 17.3. The van der Waals surface area contributed by atoms with Gasteiger partial charge in [0.15, 0.2) is 0 Å². The summed E-state index contributed by atoms with van der Waals surface area (Å²) in [7, 11) is 3.63. The maximum Gasteiger partial charge on any atom is 0.332 e. The van der Waals surface area contributed by atoms with Crippen LogP contribution >= 0.6 is 11.3 Å². The molecule has 0 bridgehead atoms. The molecule has 0 saturated heterocycles. The number of hydrogen-bond donors (Lipinski definition) is 0. The fourth-order valence-electron chi connectivity index (χ4n) is 5.69. The number of aromatic nitrogens is 1. The smallest absolute Gasteiger partial charge is 0.332 e. The lowest BCUT2D eigenvalue weighted by Crippen LogP contribution is -2.49. The molecule has 194 valence electrons. The van der Waals surface area contributed by atoms with Crippen LogP contribution in [0.3, 0.4) is 0 Å². The number of carbonyl (C=O) groups excluding carboxylic acids is 1. The summed E-state index contributed by atoms with van der Waals surface area (Å²) >= 11 is 1.77. The molecule has 1 aromatic heterocycles. The van der Waals surface area contributed by atoms with E-state index in [2.05, 4.69) is 44.0 Å². The topological polar surface area (TPSA) is 51.7 Å².